The van der Waals surface area contributed by atoms with Gasteiger partial charge in [0.2, 0.25) is 0 Å². The van der Waals surface area contributed by atoms with Crippen molar-refractivity contribution in [3.63, 3.8) is 0 Å². The first-order valence-electron chi connectivity index (χ1n) is 5.59. The Morgan fingerprint density at radius 1 is 1.06 bits per heavy atom. The third-order valence-electron chi connectivity index (χ3n) is 2.94. The molecule has 0 aliphatic heterocycles. The Morgan fingerprint density at radius 2 is 1.83 bits per heavy atom. The zero-order chi connectivity index (χ0) is 12.5. The van der Waals surface area contributed by atoms with Crippen LogP contribution in [-0.2, 0) is 0 Å². The number of hydrogen-bond acceptors (Lipinski definition) is 2. The van der Waals surface area contributed by atoms with Crippen LogP contribution in [0.3, 0.4) is 0 Å². The van der Waals surface area contributed by atoms with Crippen LogP contribution in [0.5, 0.6) is 5.75 Å². The van der Waals surface area contributed by atoms with Crippen molar-refractivity contribution in [1.29, 1.82) is 0 Å². The summed E-state index contributed by atoms with van der Waals surface area (Å²) in [5.41, 5.74) is 3.08. The summed E-state index contributed by atoms with van der Waals surface area (Å²) in [5.74, 6) is 0.805. The van der Waals surface area contributed by atoms with Crippen molar-refractivity contribution >= 4 is 26.9 Å². The molecule has 0 aliphatic rings. The second-order valence-electron chi connectivity index (χ2n) is 4.02. The lowest BCUT2D eigenvalue weighted by atomic mass is 10.1. The van der Waals surface area contributed by atoms with E-state index in [1.54, 1.807) is 13.4 Å². The van der Waals surface area contributed by atoms with Crippen LogP contribution in [0.2, 0.25) is 0 Å². The minimum absolute atomic E-state index is 0.805. The van der Waals surface area contributed by atoms with Gasteiger partial charge in [0.1, 0.15) is 11.3 Å². The molecule has 18 heavy (non-hydrogen) atoms. The number of methoxy groups -OCH3 is 1. The zero-order valence-corrected chi connectivity index (χ0v) is 11.4. The fourth-order valence-electron chi connectivity index (χ4n) is 1.99. The molecule has 2 aromatic carbocycles. The molecule has 3 aromatic rings. The Labute approximate surface area is 113 Å². The van der Waals surface area contributed by atoms with Gasteiger partial charge in [-0.25, -0.2) is 0 Å². The maximum atomic E-state index is 5.58. The fraction of sp³-hybridized carbons (Fsp3) is 0.0667. The van der Waals surface area contributed by atoms with E-state index in [1.165, 1.54) is 0 Å². The van der Waals surface area contributed by atoms with Gasteiger partial charge in [0.25, 0.3) is 0 Å². The number of ether oxygens (including phenoxy) is 1. The highest BCUT2D eigenvalue weighted by molar-refractivity contribution is 9.10. The van der Waals surface area contributed by atoms with E-state index in [0.29, 0.717) is 0 Å². The van der Waals surface area contributed by atoms with Gasteiger partial charge in [0, 0.05) is 21.5 Å². The second-order valence-corrected chi connectivity index (χ2v) is 4.93. The van der Waals surface area contributed by atoms with E-state index in [4.69, 9.17) is 9.15 Å². The first-order chi connectivity index (χ1) is 8.78. The highest BCUT2D eigenvalue weighted by Crippen LogP contribution is 2.33. The molecule has 2 nitrogen and oxygen atoms in total. The summed E-state index contributed by atoms with van der Waals surface area (Å²) >= 11 is 3.44. The van der Waals surface area contributed by atoms with E-state index >= 15 is 0 Å². The normalized spacial score (nSPS) is 10.8. The maximum absolute atomic E-state index is 5.58. The van der Waals surface area contributed by atoms with Crippen LogP contribution in [0.1, 0.15) is 0 Å². The third-order valence-corrected chi connectivity index (χ3v) is 3.47. The number of furan rings is 1. The van der Waals surface area contributed by atoms with Gasteiger partial charge in [-0.05, 0) is 29.8 Å². The second kappa shape index (κ2) is 4.50. The first-order valence-corrected chi connectivity index (χ1v) is 6.38. The molecular formula is C15H11BrO2. The molecule has 0 atom stereocenters. The summed E-state index contributed by atoms with van der Waals surface area (Å²) in [5, 5.41) is 1.10. The van der Waals surface area contributed by atoms with Crippen molar-refractivity contribution in [1.82, 2.24) is 0 Å². The van der Waals surface area contributed by atoms with Crippen LogP contribution in [0, 0.1) is 0 Å². The van der Waals surface area contributed by atoms with Crippen LogP contribution < -0.4 is 4.74 Å². The van der Waals surface area contributed by atoms with Crippen molar-refractivity contribution in [2.24, 2.45) is 0 Å². The maximum Gasteiger partial charge on any atom is 0.138 e. The van der Waals surface area contributed by atoms with Gasteiger partial charge in [0.15, 0.2) is 0 Å². The molecule has 0 N–H and O–H groups in total. The predicted molar refractivity (Wildman–Crippen MR) is 75.9 cm³/mol. The van der Waals surface area contributed by atoms with E-state index < -0.39 is 0 Å². The molecule has 0 amide bonds. The van der Waals surface area contributed by atoms with Crippen LogP contribution in [0.25, 0.3) is 22.1 Å². The van der Waals surface area contributed by atoms with E-state index in [0.717, 1.165) is 32.3 Å². The van der Waals surface area contributed by atoms with Crippen molar-refractivity contribution < 1.29 is 9.15 Å². The minimum Gasteiger partial charge on any atom is -0.497 e. The van der Waals surface area contributed by atoms with Gasteiger partial charge in [-0.2, -0.15) is 0 Å². The number of hydrogen-bond donors (Lipinski definition) is 0. The Balaban J connectivity index is 2.15. The van der Waals surface area contributed by atoms with Crippen LogP contribution in [-0.4, -0.2) is 7.11 Å². The van der Waals surface area contributed by atoms with E-state index in [2.05, 4.69) is 28.1 Å². The predicted octanol–water partition coefficient (Wildman–Crippen LogP) is 4.87. The van der Waals surface area contributed by atoms with Crippen LogP contribution in [0.15, 0.2) is 57.6 Å². The number of benzene rings is 2. The number of fused-ring (bicyclic) bond motifs is 1. The standard InChI is InChI=1S/C15H11BrO2/c1-17-12-6-7-13-14(9-18-15(13)8-12)10-2-4-11(16)5-3-10/h2-9H,1H3. The molecule has 0 aliphatic carbocycles. The summed E-state index contributed by atoms with van der Waals surface area (Å²) in [6.45, 7) is 0. The summed E-state index contributed by atoms with van der Waals surface area (Å²) < 4.78 is 11.8. The lowest BCUT2D eigenvalue weighted by Gasteiger charge is -2.00. The molecule has 0 spiro atoms. The molecule has 0 bridgehead atoms. The topological polar surface area (TPSA) is 22.4 Å². The molecule has 1 heterocycles. The van der Waals surface area contributed by atoms with Gasteiger partial charge in [0.05, 0.1) is 13.4 Å². The molecule has 3 rings (SSSR count). The molecule has 0 radical (unpaired) electrons. The quantitative estimate of drug-likeness (QED) is 0.674. The van der Waals surface area contributed by atoms with Crippen molar-refractivity contribution in [3.05, 3.63) is 53.2 Å². The van der Waals surface area contributed by atoms with Gasteiger partial charge < -0.3 is 9.15 Å². The molecule has 0 fully saturated rings. The average molecular weight is 303 g/mol. The fourth-order valence-corrected chi connectivity index (χ4v) is 2.25. The number of rotatable bonds is 2. The van der Waals surface area contributed by atoms with Gasteiger partial charge in [-0.15, -0.1) is 0 Å². The van der Waals surface area contributed by atoms with Crippen molar-refractivity contribution in [2.75, 3.05) is 7.11 Å². The largest absolute Gasteiger partial charge is 0.497 e. The Morgan fingerprint density at radius 3 is 2.56 bits per heavy atom. The minimum atomic E-state index is 0.805. The Kier molecular flexibility index (Phi) is 2.84. The highest BCUT2D eigenvalue weighted by atomic mass is 79.9. The summed E-state index contributed by atoms with van der Waals surface area (Å²) in [7, 11) is 1.65. The molecular weight excluding hydrogens is 292 g/mol. The molecule has 1 aromatic heterocycles. The van der Waals surface area contributed by atoms with E-state index in [9.17, 15) is 0 Å². The summed E-state index contributed by atoms with van der Waals surface area (Å²) in [4.78, 5) is 0. The van der Waals surface area contributed by atoms with Crippen molar-refractivity contribution in [2.45, 2.75) is 0 Å². The summed E-state index contributed by atoms with van der Waals surface area (Å²) in [6, 6.07) is 14.1. The first kappa shape index (κ1) is 11.4. The molecule has 0 unspecified atom stereocenters. The monoisotopic (exact) mass is 302 g/mol. The van der Waals surface area contributed by atoms with Gasteiger partial charge >= 0.3 is 0 Å². The third kappa shape index (κ3) is 1.91. The molecule has 3 heteroatoms. The SMILES string of the molecule is COc1ccc2c(-c3ccc(Br)cc3)coc2c1. The Bertz CT molecular complexity index is 683. The van der Waals surface area contributed by atoms with Gasteiger partial charge in [-0.1, -0.05) is 28.1 Å². The van der Waals surface area contributed by atoms with Gasteiger partial charge in [-0.3, -0.25) is 0 Å². The van der Waals surface area contributed by atoms with Crippen molar-refractivity contribution in [3.8, 4) is 16.9 Å². The van der Waals surface area contributed by atoms with Crippen LogP contribution in [0.4, 0.5) is 0 Å². The highest BCUT2D eigenvalue weighted by Gasteiger charge is 2.08. The average Bonchev–Trinajstić information content (AvgIpc) is 2.82. The molecule has 0 saturated heterocycles. The molecule has 0 saturated carbocycles. The lowest BCUT2D eigenvalue weighted by Crippen LogP contribution is -1.81. The smallest absolute Gasteiger partial charge is 0.138 e. The van der Waals surface area contributed by atoms with E-state index in [1.807, 2.05) is 30.3 Å². The Hall–Kier alpha value is -1.74. The van der Waals surface area contributed by atoms with E-state index in [-0.39, 0.29) is 0 Å². The lowest BCUT2D eigenvalue weighted by molar-refractivity contribution is 0.414. The zero-order valence-electron chi connectivity index (χ0n) is 9.81. The van der Waals surface area contributed by atoms with Crippen LogP contribution >= 0.6 is 15.9 Å². The summed E-state index contributed by atoms with van der Waals surface area (Å²) in [6.07, 6.45) is 1.79. The number of halogens is 1. The molecule has 90 valence electrons.